The fraction of sp³-hybridized carbons (Fsp3) is 0.0323. The first-order valence-corrected chi connectivity index (χ1v) is 15.9. The maximum Gasteiger partial charge on any atom is 0.280 e. The van der Waals surface area contributed by atoms with Crippen LogP contribution in [0.15, 0.2) is 107 Å². The topological polar surface area (TPSA) is 197 Å². The Bertz CT molecular complexity index is 2060. The van der Waals surface area contributed by atoms with Crippen LogP contribution >= 0.6 is 21.6 Å². The van der Waals surface area contributed by atoms with Gasteiger partial charge in [-0.3, -0.25) is 10.1 Å². The van der Waals surface area contributed by atoms with E-state index < -0.39 is 4.92 Å². The molecule has 0 bridgehead atoms. The molecule has 2 heterocycles. The molecule has 0 radical (unpaired) electrons. The SMILES string of the molecule is Cc1ccccc1-c1nc(N)nc(Nc2ccccc2SSc2ccccc2Nc2nc(N)nc(-c3ccccc3[N+](=O)[O-])n2)n1. The minimum atomic E-state index is -0.489. The third kappa shape index (κ3) is 6.95. The lowest BCUT2D eigenvalue weighted by atomic mass is 10.1. The van der Waals surface area contributed by atoms with Gasteiger partial charge < -0.3 is 22.1 Å². The molecule has 0 aliphatic carbocycles. The van der Waals surface area contributed by atoms with Gasteiger partial charge >= 0.3 is 0 Å². The van der Waals surface area contributed by atoms with Crippen LogP contribution in [0.1, 0.15) is 5.56 Å². The van der Waals surface area contributed by atoms with Crippen LogP contribution in [-0.2, 0) is 0 Å². The predicted molar refractivity (Wildman–Crippen MR) is 182 cm³/mol. The Morgan fingerprint density at radius 1 is 0.609 bits per heavy atom. The number of nitrogen functional groups attached to an aromatic ring is 2. The van der Waals surface area contributed by atoms with Gasteiger partial charge in [-0.05, 0) is 42.8 Å². The Kier molecular flexibility index (Phi) is 8.84. The fourth-order valence-electron chi connectivity index (χ4n) is 4.40. The van der Waals surface area contributed by atoms with Gasteiger partial charge in [0.15, 0.2) is 11.6 Å². The summed E-state index contributed by atoms with van der Waals surface area (Å²) < 4.78 is 0. The second kappa shape index (κ2) is 13.5. The lowest BCUT2D eigenvalue weighted by Crippen LogP contribution is -2.06. The largest absolute Gasteiger partial charge is 0.368 e. The van der Waals surface area contributed by atoms with Gasteiger partial charge in [-0.2, -0.15) is 29.9 Å². The summed E-state index contributed by atoms with van der Waals surface area (Å²) in [6.07, 6.45) is 0. The van der Waals surface area contributed by atoms with Gasteiger partial charge in [0.1, 0.15) is 0 Å². The Balaban J connectivity index is 1.22. The molecule has 0 atom stereocenters. The Morgan fingerprint density at radius 3 is 1.61 bits per heavy atom. The van der Waals surface area contributed by atoms with Crippen LogP contribution in [0.25, 0.3) is 22.8 Å². The van der Waals surface area contributed by atoms with E-state index in [1.165, 1.54) is 27.7 Å². The normalized spacial score (nSPS) is 10.8. The summed E-state index contributed by atoms with van der Waals surface area (Å²) in [7, 11) is 3.02. The van der Waals surface area contributed by atoms with Gasteiger partial charge in [0.25, 0.3) is 5.69 Å². The smallest absolute Gasteiger partial charge is 0.280 e. The summed E-state index contributed by atoms with van der Waals surface area (Å²) in [4.78, 5) is 38.9. The second-order valence-electron chi connectivity index (χ2n) is 9.68. The summed E-state index contributed by atoms with van der Waals surface area (Å²) in [6.45, 7) is 1.99. The van der Waals surface area contributed by atoms with Gasteiger partial charge in [-0.1, -0.05) is 82.3 Å². The van der Waals surface area contributed by atoms with Gasteiger partial charge in [-0.25, -0.2) is 0 Å². The number of para-hydroxylation sites is 3. The zero-order valence-electron chi connectivity index (χ0n) is 24.2. The number of benzene rings is 4. The molecule has 0 unspecified atom stereocenters. The van der Waals surface area contributed by atoms with Crippen molar-refractivity contribution in [3.05, 3.63) is 113 Å². The van der Waals surface area contributed by atoms with E-state index in [9.17, 15) is 10.1 Å². The third-order valence-corrected chi connectivity index (χ3v) is 9.00. The number of hydrogen-bond acceptors (Lipinski definition) is 14. The van der Waals surface area contributed by atoms with Crippen LogP contribution in [0.5, 0.6) is 0 Å². The maximum atomic E-state index is 11.6. The number of nitrogens with zero attached hydrogens (tertiary/aromatic N) is 7. The zero-order chi connectivity index (χ0) is 32.0. The third-order valence-electron chi connectivity index (χ3n) is 6.52. The standard InChI is InChI=1S/C31H25N11O2S2/c1-18-10-2-3-11-19(18)26-36-28(32)40-30(38-26)34-21-13-5-8-16-24(21)45-46-25-17-9-6-14-22(25)35-31-39-27(37-29(33)41-31)20-12-4-7-15-23(20)42(43)44/h2-17H,1H3,(H3,32,34,36,38,40)(H3,33,35,37,39,41). The number of rotatable bonds is 10. The summed E-state index contributed by atoms with van der Waals surface area (Å²) in [5.74, 6) is 1.09. The van der Waals surface area contributed by atoms with E-state index in [0.29, 0.717) is 17.5 Å². The molecular weight excluding hydrogens is 623 g/mol. The van der Waals surface area contributed by atoms with Crippen molar-refractivity contribution in [1.82, 2.24) is 29.9 Å². The van der Waals surface area contributed by atoms with Crippen LogP contribution in [0.2, 0.25) is 0 Å². The summed E-state index contributed by atoms with van der Waals surface area (Å²) in [5, 5.41) is 18.1. The first-order valence-electron chi connectivity index (χ1n) is 13.7. The molecule has 228 valence electrons. The average Bonchev–Trinajstić information content (AvgIpc) is 3.04. The molecule has 6 rings (SSSR count). The molecule has 2 aromatic heterocycles. The van der Waals surface area contributed by atoms with E-state index in [-0.39, 0.29) is 34.9 Å². The van der Waals surface area contributed by atoms with E-state index in [0.717, 1.165) is 26.6 Å². The van der Waals surface area contributed by atoms with Gasteiger partial charge in [-0.15, -0.1) is 0 Å². The molecule has 0 aliphatic heterocycles. The molecule has 0 spiro atoms. The Hall–Kier alpha value is -5.80. The van der Waals surface area contributed by atoms with Crippen molar-refractivity contribution in [1.29, 1.82) is 0 Å². The molecule has 0 amide bonds. The van der Waals surface area contributed by atoms with Crippen LogP contribution in [0.4, 0.5) is 40.9 Å². The molecule has 0 fully saturated rings. The van der Waals surface area contributed by atoms with Crippen molar-refractivity contribution in [3.8, 4) is 22.8 Å². The monoisotopic (exact) mass is 647 g/mol. The number of aromatic nitrogens is 6. The minimum Gasteiger partial charge on any atom is -0.368 e. The van der Waals surface area contributed by atoms with Gasteiger partial charge in [0, 0.05) is 21.4 Å². The Labute approximate surface area is 270 Å². The number of nitrogens with one attached hydrogen (secondary N) is 2. The quantitative estimate of drug-likeness (QED) is 0.0669. The van der Waals surface area contributed by atoms with Crippen LogP contribution in [0, 0.1) is 17.0 Å². The molecule has 13 nitrogen and oxygen atoms in total. The number of hydrogen-bond donors (Lipinski definition) is 4. The van der Waals surface area contributed by atoms with E-state index in [1.807, 2.05) is 79.7 Å². The lowest BCUT2D eigenvalue weighted by molar-refractivity contribution is -0.384. The second-order valence-corrected chi connectivity index (χ2v) is 11.9. The molecule has 46 heavy (non-hydrogen) atoms. The minimum absolute atomic E-state index is 0.0743. The molecule has 6 aromatic rings. The Morgan fingerprint density at radius 2 is 1.07 bits per heavy atom. The van der Waals surface area contributed by atoms with E-state index in [1.54, 1.807) is 18.2 Å². The molecule has 0 saturated heterocycles. The van der Waals surface area contributed by atoms with Crippen molar-refractivity contribution in [2.75, 3.05) is 22.1 Å². The highest BCUT2D eigenvalue weighted by molar-refractivity contribution is 8.76. The molecule has 4 aromatic carbocycles. The average molecular weight is 648 g/mol. The van der Waals surface area contributed by atoms with Crippen molar-refractivity contribution in [2.45, 2.75) is 16.7 Å². The van der Waals surface area contributed by atoms with Crippen molar-refractivity contribution >= 4 is 62.4 Å². The first kappa shape index (κ1) is 30.2. The molecule has 0 aliphatic rings. The molecular formula is C31H25N11O2S2. The van der Waals surface area contributed by atoms with E-state index in [4.69, 9.17) is 11.5 Å². The van der Waals surface area contributed by atoms with E-state index in [2.05, 4.69) is 40.5 Å². The van der Waals surface area contributed by atoms with Crippen LogP contribution in [-0.4, -0.2) is 34.8 Å². The zero-order valence-corrected chi connectivity index (χ0v) is 25.8. The highest BCUT2D eigenvalue weighted by atomic mass is 33.1. The lowest BCUT2D eigenvalue weighted by Gasteiger charge is -2.13. The number of nitro groups is 1. The highest BCUT2D eigenvalue weighted by Gasteiger charge is 2.19. The summed E-state index contributed by atoms with van der Waals surface area (Å²) >= 11 is 0. The van der Waals surface area contributed by atoms with Crippen molar-refractivity contribution in [3.63, 3.8) is 0 Å². The van der Waals surface area contributed by atoms with Crippen molar-refractivity contribution < 1.29 is 4.92 Å². The molecule has 6 N–H and O–H groups in total. The van der Waals surface area contributed by atoms with Crippen LogP contribution < -0.4 is 22.1 Å². The fourth-order valence-corrected chi connectivity index (χ4v) is 6.68. The van der Waals surface area contributed by atoms with Crippen LogP contribution in [0.3, 0.4) is 0 Å². The van der Waals surface area contributed by atoms with Crippen molar-refractivity contribution in [2.24, 2.45) is 0 Å². The van der Waals surface area contributed by atoms with E-state index >= 15 is 0 Å². The number of anilines is 6. The molecule has 0 saturated carbocycles. The summed E-state index contributed by atoms with van der Waals surface area (Å²) in [5.41, 5.74) is 15.5. The maximum absolute atomic E-state index is 11.6. The number of nitrogens with two attached hydrogens (primary N) is 2. The van der Waals surface area contributed by atoms with Gasteiger partial charge in [0.05, 0.1) is 21.9 Å². The van der Waals surface area contributed by atoms with Gasteiger partial charge in [0.2, 0.25) is 23.8 Å². The highest BCUT2D eigenvalue weighted by Crippen LogP contribution is 2.44. The first-order chi connectivity index (χ1) is 22.3. The summed E-state index contributed by atoms with van der Waals surface area (Å²) in [6, 6.07) is 29.4. The molecule has 15 heteroatoms. The number of aryl methyl sites for hydroxylation is 1. The predicted octanol–water partition coefficient (Wildman–Crippen LogP) is 7.06. The number of nitro benzene ring substituents is 1.